The van der Waals surface area contributed by atoms with Gasteiger partial charge in [-0.15, -0.1) is 0 Å². The fourth-order valence-electron chi connectivity index (χ4n) is 3.66. The van der Waals surface area contributed by atoms with Crippen molar-refractivity contribution in [2.24, 2.45) is 0 Å². The van der Waals surface area contributed by atoms with E-state index in [4.69, 9.17) is 4.74 Å². The van der Waals surface area contributed by atoms with Crippen LogP contribution in [0.15, 0.2) is 78.9 Å². The van der Waals surface area contributed by atoms with Gasteiger partial charge in [-0.1, -0.05) is 42.5 Å². The Morgan fingerprint density at radius 1 is 0.818 bits per heavy atom. The minimum absolute atomic E-state index is 0.203. The lowest BCUT2D eigenvalue weighted by molar-refractivity contribution is -0.200. The zero-order valence-electron chi connectivity index (χ0n) is 18.8. The first kappa shape index (κ1) is 24.5. The van der Waals surface area contributed by atoms with Crippen molar-refractivity contribution in [2.75, 3.05) is 29.4 Å². The zero-order chi connectivity index (χ0) is 23.8. The molecule has 4 nitrogen and oxygen atoms in total. The van der Waals surface area contributed by atoms with E-state index < -0.39 is 18.8 Å². The van der Waals surface area contributed by atoms with Gasteiger partial charge in [-0.05, 0) is 49.7 Å². The van der Waals surface area contributed by atoms with Gasteiger partial charge in [-0.3, -0.25) is 0 Å². The van der Waals surface area contributed by atoms with E-state index in [0.717, 1.165) is 24.3 Å². The number of para-hydroxylation sites is 2. The first-order valence-corrected chi connectivity index (χ1v) is 11.0. The topological polar surface area (TPSA) is 35.9 Å². The summed E-state index contributed by atoms with van der Waals surface area (Å²) < 4.78 is 45.6. The summed E-state index contributed by atoms with van der Waals surface area (Å²) in [7, 11) is 0. The fourth-order valence-corrected chi connectivity index (χ4v) is 3.66. The molecule has 3 aromatic carbocycles. The summed E-state index contributed by atoms with van der Waals surface area (Å²) in [6.45, 7) is 5.24. The van der Waals surface area contributed by atoms with E-state index in [9.17, 15) is 18.3 Å². The Morgan fingerprint density at radius 2 is 1.45 bits per heavy atom. The summed E-state index contributed by atoms with van der Waals surface area (Å²) in [6.07, 6.45) is -7.19. The number of aliphatic hydroxyl groups is 1. The summed E-state index contributed by atoms with van der Waals surface area (Å²) in [6, 6.07) is 23.7. The van der Waals surface area contributed by atoms with Crippen molar-refractivity contribution < 1.29 is 23.0 Å². The van der Waals surface area contributed by atoms with Gasteiger partial charge in [0, 0.05) is 37.1 Å². The van der Waals surface area contributed by atoms with Crippen LogP contribution in [0.2, 0.25) is 0 Å². The number of ether oxygens (including phenoxy) is 1. The molecule has 33 heavy (non-hydrogen) atoms. The van der Waals surface area contributed by atoms with E-state index in [-0.39, 0.29) is 6.54 Å². The lowest BCUT2D eigenvalue weighted by atomic mass is 10.1. The third-order valence-electron chi connectivity index (χ3n) is 5.39. The van der Waals surface area contributed by atoms with Crippen molar-refractivity contribution in [3.8, 4) is 11.5 Å². The number of rotatable bonds is 10. The predicted molar refractivity (Wildman–Crippen MR) is 126 cm³/mol. The second-order valence-corrected chi connectivity index (χ2v) is 7.65. The highest BCUT2D eigenvalue weighted by Crippen LogP contribution is 2.31. The van der Waals surface area contributed by atoms with E-state index in [1.165, 1.54) is 0 Å². The highest BCUT2D eigenvalue weighted by molar-refractivity contribution is 5.57. The van der Waals surface area contributed by atoms with Crippen LogP contribution in [-0.4, -0.2) is 37.0 Å². The van der Waals surface area contributed by atoms with Crippen molar-refractivity contribution in [3.63, 3.8) is 0 Å². The highest BCUT2D eigenvalue weighted by atomic mass is 19.4. The molecule has 0 spiro atoms. The second-order valence-electron chi connectivity index (χ2n) is 7.65. The maximum atomic E-state index is 13.2. The SMILES string of the molecule is CCN(CC)c1ccccc1CN(CC(O)C(F)(F)F)c1cccc(Oc2ccccc2)c1. The molecule has 0 fully saturated rings. The van der Waals surface area contributed by atoms with Gasteiger partial charge >= 0.3 is 6.18 Å². The molecule has 1 atom stereocenters. The molecule has 0 bridgehead atoms. The van der Waals surface area contributed by atoms with Crippen molar-refractivity contribution in [3.05, 3.63) is 84.4 Å². The van der Waals surface area contributed by atoms with Crippen LogP contribution in [-0.2, 0) is 6.54 Å². The van der Waals surface area contributed by atoms with Crippen LogP contribution in [0.4, 0.5) is 24.5 Å². The Hall–Kier alpha value is -3.19. The third-order valence-corrected chi connectivity index (χ3v) is 5.39. The molecule has 0 aliphatic rings. The van der Waals surface area contributed by atoms with Gasteiger partial charge in [0.25, 0.3) is 0 Å². The molecular formula is C26H29F3N2O2. The molecule has 176 valence electrons. The van der Waals surface area contributed by atoms with Crippen molar-refractivity contribution in [1.29, 1.82) is 0 Å². The molecule has 0 amide bonds. The Kier molecular flexibility index (Phi) is 8.22. The number of hydrogen-bond acceptors (Lipinski definition) is 4. The molecule has 3 rings (SSSR count). The van der Waals surface area contributed by atoms with Gasteiger partial charge in [0.15, 0.2) is 6.10 Å². The third kappa shape index (κ3) is 6.65. The van der Waals surface area contributed by atoms with Gasteiger partial charge in [-0.25, -0.2) is 0 Å². The number of aliphatic hydroxyl groups excluding tert-OH is 1. The molecule has 7 heteroatoms. The molecule has 3 aromatic rings. The summed E-state index contributed by atoms with van der Waals surface area (Å²) in [4.78, 5) is 3.70. The fraction of sp³-hybridized carbons (Fsp3) is 0.308. The molecule has 0 radical (unpaired) electrons. The van der Waals surface area contributed by atoms with Crippen LogP contribution in [0.1, 0.15) is 19.4 Å². The van der Waals surface area contributed by atoms with Gasteiger partial charge in [0.1, 0.15) is 11.5 Å². The largest absolute Gasteiger partial charge is 0.457 e. The molecule has 0 saturated heterocycles. The molecule has 1 N–H and O–H groups in total. The number of nitrogens with zero attached hydrogens (tertiary/aromatic N) is 2. The Bertz CT molecular complexity index is 1010. The van der Waals surface area contributed by atoms with E-state index in [0.29, 0.717) is 17.2 Å². The number of hydrogen-bond donors (Lipinski definition) is 1. The number of benzene rings is 3. The number of alkyl halides is 3. The van der Waals surface area contributed by atoms with E-state index in [1.54, 1.807) is 41.3 Å². The van der Waals surface area contributed by atoms with Gasteiger partial charge in [-0.2, -0.15) is 13.2 Å². The molecular weight excluding hydrogens is 429 g/mol. The average molecular weight is 459 g/mol. The van der Waals surface area contributed by atoms with Crippen LogP contribution in [0.25, 0.3) is 0 Å². The summed E-state index contributed by atoms with van der Waals surface area (Å²) in [5.74, 6) is 1.13. The van der Waals surface area contributed by atoms with Gasteiger partial charge in [0.2, 0.25) is 0 Å². The number of halogens is 3. The minimum atomic E-state index is -4.71. The van der Waals surface area contributed by atoms with E-state index >= 15 is 0 Å². The van der Waals surface area contributed by atoms with Crippen molar-refractivity contribution in [2.45, 2.75) is 32.7 Å². The second kappa shape index (κ2) is 11.1. The van der Waals surface area contributed by atoms with Gasteiger partial charge in [0.05, 0.1) is 6.54 Å². The highest BCUT2D eigenvalue weighted by Gasteiger charge is 2.39. The summed E-state index contributed by atoms with van der Waals surface area (Å²) >= 11 is 0. The van der Waals surface area contributed by atoms with E-state index in [2.05, 4.69) is 4.90 Å². The zero-order valence-corrected chi connectivity index (χ0v) is 18.8. The lowest BCUT2D eigenvalue weighted by Crippen LogP contribution is -2.41. The molecule has 0 aliphatic carbocycles. The van der Waals surface area contributed by atoms with Crippen LogP contribution in [0, 0.1) is 0 Å². The predicted octanol–water partition coefficient (Wildman–Crippen LogP) is 6.25. The molecule has 0 saturated carbocycles. The minimum Gasteiger partial charge on any atom is -0.457 e. The normalized spacial score (nSPS) is 12.3. The standard InChI is InChI=1S/C26H29F3N2O2/c1-3-30(4-2)24-16-9-8-11-20(24)18-31(19-25(32)26(27,28)29)21-12-10-15-23(17-21)33-22-13-6-5-7-14-22/h5-17,25,32H,3-4,18-19H2,1-2H3. The van der Waals surface area contributed by atoms with E-state index in [1.807, 2.05) is 56.3 Å². The Balaban J connectivity index is 1.94. The maximum Gasteiger partial charge on any atom is 0.416 e. The van der Waals surface area contributed by atoms with Crippen LogP contribution >= 0.6 is 0 Å². The molecule has 0 aliphatic heterocycles. The first-order valence-electron chi connectivity index (χ1n) is 11.0. The number of anilines is 2. The lowest BCUT2D eigenvalue weighted by Gasteiger charge is -2.31. The monoisotopic (exact) mass is 458 g/mol. The maximum absolute atomic E-state index is 13.2. The molecule has 1 unspecified atom stereocenters. The van der Waals surface area contributed by atoms with Crippen molar-refractivity contribution >= 4 is 11.4 Å². The van der Waals surface area contributed by atoms with Crippen molar-refractivity contribution in [1.82, 2.24) is 0 Å². The van der Waals surface area contributed by atoms with Crippen LogP contribution in [0.3, 0.4) is 0 Å². The Morgan fingerprint density at radius 3 is 2.12 bits per heavy atom. The van der Waals surface area contributed by atoms with Gasteiger partial charge < -0.3 is 19.6 Å². The Labute approximate surface area is 192 Å². The summed E-state index contributed by atoms with van der Waals surface area (Å²) in [5.41, 5.74) is 2.37. The quantitative estimate of drug-likeness (QED) is 0.389. The average Bonchev–Trinajstić information content (AvgIpc) is 2.80. The smallest absolute Gasteiger partial charge is 0.416 e. The molecule has 0 aromatic heterocycles. The van der Waals surface area contributed by atoms with Crippen LogP contribution in [0.5, 0.6) is 11.5 Å². The first-order chi connectivity index (χ1) is 15.8. The molecule has 0 heterocycles. The van der Waals surface area contributed by atoms with Crippen LogP contribution < -0.4 is 14.5 Å². The summed E-state index contributed by atoms with van der Waals surface area (Å²) in [5, 5.41) is 9.86.